The number of pyridine rings is 1. The van der Waals surface area contributed by atoms with E-state index >= 15 is 0 Å². The summed E-state index contributed by atoms with van der Waals surface area (Å²) in [6.07, 6.45) is 1.76. The fourth-order valence-electron chi connectivity index (χ4n) is 3.17. The lowest BCUT2D eigenvalue weighted by molar-refractivity contribution is 0.0752. The van der Waals surface area contributed by atoms with Crippen molar-refractivity contribution < 1.29 is 4.79 Å². The number of hydrogen-bond donors (Lipinski definition) is 1. The number of nitrogens with one attached hydrogen (secondary N) is 1. The van der Waals surface area contributed by atoms with Crippen LogP contribution in [0.3, 0.4) is 0 Å². The van der Waals surface area contributed by atoms with Gasteiger partial charge >= 0.3 is 0 Å². The van der Waals surface area contributed by atoms with Crippen molar-refractivity contribution in [1.29, 1.82) is 0 Å². The molecule has 0 bridgehead atoms. The second-order valence-electron chi connectivity index (χ2n) is 8.43. The SMILES string of the molecule is CC(C)(C)C(=O)n1nc(-c2cccn(Cc3ccsc3)c2=O)cc1NCc1ccc(Cl)s1. The highest BCUT2D eigenvalue weighted by molar-refractivity contribution is 7.16. The maximum atomic E-state index is 13.2. The summed E-state index contributed by atoms with van der Waals surface area (Å²) in [5.41, 5.74) is 1.19. The maximum Gasteiger partial charge on any atom is 0.260 e. The Hall–Kier alpha value is -2.68. The number of thiophene rings is 2. The largest absolute Gasteiger partial charge is 0.365 e. The van der Waals surface area contributed by atoms with Gasteiger partial charge in [0.05, 0.1) is 23.0 Å². The molecule has 0 unspecified atom stereocenters. The van der Waals surface area contributed by atoms with Crippen LogP contribution in [0.4, 0.5) is 5.82 Å². The van der Waals surface area contributed by atoms with Crippen LogP contribution in [0.5, 0.6) is 0 Å². The van der Waals surface area contributed by atoms with Gasteiger partial charge in [0.25, 0.3) is 11.5 Å². The molecule has 6 nitrogen and oxygen atoms in total. The number of aromatic nitrogens is 3. The molecule has 0 fully saturated rings. The molecule has 32 heavy (non-hydrogen) atoms. The molecule has 0 amide bonds. The highest BCUT2D eigenvalue weighted by Crippen LogP contribution is 2.26. The van der Waals surface area contributed by atoms with Crippen molar-refractivity contribution in [3.05, 3.63) is 78.5 Å². The number of carbonyl (C=O) groups excluding carboxylic acids is 1. The number of hydrogen-bond acceptors (Lipinski definition) is 6. The summed E-state index contributed by atoms with van der Waals surface area (Å²) in [5, 5.41) is 11.8. The summed E-state index contributed by atoms with van der Waals surface area (Å²) in [5.74, 6) is 0.377. The van der Waals surface area contributed by atoms with Crippen LogP contribution in [0.15, 0.2) is 58.1 Å². The first-order valence-electron chi connectivity index (χ1n) is 10.1. The van der Waals surface area contributed by atoms with Crippen molar-refractivity contribution in [3.8, 4) is 11.3 Å². The molecular weight excluding hydrogens is 464 g/mol. The average molecular weight is 487 g/mol. The Bertz CT molecular complexity index is 1300. The van der Waals surface area contributed by atoms with Gasteiger partial charge in [-0.3, -0.25) is 9.59 Å². The third-order valence-electron chi connectivity index (χ3n) is 4.85. The summed E-state index contributed by atoms with van der Waals surface area (Å²) in [6.45, 7) is 6.51. The molecule has 4 heterocycles. The van der Waals surface area contributed by atoms with Crippen LogP contribution >= 0.6 is 34.3 Å². The molecule has 0 aromatic carbocycles. The lowest BCUT2D eigenvalue weighted by atomic mass is 9.96. The monoisotopic (exact) mass is 486 g/mol. The molecule has 4 aromatic rings. The van der Waals surface area contributed by atoms with E-state index in [4.69, 9.17) is 11.6 Å². The standard InChI is InChI=1S/C23H23ClN4O2S2/c1-23(2,3)22(30)28-20(25-12-16-6-7-19(24)32-16)11-18(26-28)17-5-4-9-27(21(17)29)13-15-8-10-31-14-15/h4-11,14,25H,12-13H2,1-3H3. The molecule has 0 atom stereocenters. The van der Waals surface area contributed by atoms with E-state index in [0.29, 0.717) is 34.5 Å². The zero-order valence-corrected chi connectivity index (χ0v) is 20.4. The van der Waals surface area contributed by atoms with Crippen LogP contribution < -0.4 is 10.9 Å². The fraction of sp³-hybridized carbons (Fsp3) is 0.261. The highest BCUT2D eigenvalue weighted by atomic mass is 35.5. The fourth-order valence-corrected chi connectivity index (χ4v) is 4.86. The van der Waals surface area contributed by atoms with Crippen LogP contribution in [0.1, 0.15) is 36.0 Å². The van der Waals surface area contributed by atoms with Crippen molar-refractivity contribution in [1.82, 2.24) is 14.3 Å². The van der Waals surface area contributed by atoms with Gasteiger partial charge in [-0.1, -0.05) is 32.4 Å². The van der Waals surface area contributed by atoms with Crippen molar-refractivity contribution in [2.45, 2.75) is 33.9 Å². The molecule has 0 saturated carbocycles. The minimum Gasteiger partial charge on any atom is -0.365 e. The highest BCUT2D eigenvalue weighted by Gasteiger charge is 2.27. The Morgan fingerprint density at radius 3 is 2.69 bits per heavy atom. The normalized spacial score (nSPS) is 11.6. The molecule has 0 spiro atoms. The van der Waals surface area contributed by atoms with Crippen molar-refractivity contribution in [3.63, 3.8) is 0 Å². The van der Waals surface area contributed by atoms with E-state index in [0.717, 1.165) is 10.4 Å². The van der Waals surface area contributed by atoms with Gasteiger partial charge < -0.3 is 9.88 Å². The summed E-state index contributed by atoms with van der Waals surface area (Å²) >= 11 is 9.10. The topological polar surface area (TPSA) is 68.9 Å². The number of anilines is 1. The Labute approximate surface area is 199 Å². The predicted octanol–water partition coefficient (Wildman–Crippen LogP) is 5.83. The van der Waals surface area contributed by atoms with Crippen LogP contribution in [0.2, 0.25) is 4.34 Å². The van der Waals surface area contributed by atoms with Crippen molar-refractivity contribution in [2.75, 3.05) is 5.32 Å². The molecule has 0 radical (unpaired) electrons. The van der Waals surface area contributed by atoms with E-state index in [1.54, 1.807) is 34.2 Å². The zero-order chi connectivity index (χ0) is 22.9. The molecule has 9 heteroatoms. The summed E-state index contributed by atoms with van der Waals surface area (Å²) in [7, 11) is 0. The third-order valence-corrected chi connectivity index (χ3v) is 6.81. The smallest absolute Gasteiger partial charge is 0.260 e. The minimum absolute atomic E-state index is 0.150. The van der Waals surface area contributed by atoms with Crippen molar-refractivity contribution >= 4 is 46.0 Å². The van der Waals surface area contributed by atoms with Crippen molar-refractivity contribution in [2.24, 2.45) is 5.41 Å². The summed E-state index contributed by atoms with van der Waals surface area (Å²) in [6, 6.07) is 11.1. The number of carbonyl (C=O) groups is 1. The van der Waals surface area contributed by atoms with E-state index in [2.05, 4.69) is 10.4 Å². The summed E-state index contributed by atoms with van der Waals surface area (Å²) < 4.78 is 3.72. The molecule has 4 aromatic heterocycles. The minimum atomic E-state index is -0.637. The lowest BCUT2D eigenvalue weighted by Crippen LogP contribution is -2.29. The van der Waals surface area contributed by atoms with Crippen LogP contribution in [-0.4, -0.2) is 20.3 Å². The van der Waals surface area contributed by atoms with E-state index in [1.165, 1.54) is 16.0 Å². The molecule has 1 N–H and O–H groups in total. The molecule has 0 aliphatic heterocycles. The number of rotatable bonds is 6. The zero-order valence-electron chi connectivity index (χ0n) is 18.0. The number of halogens is 1. The molecule has 4 rings (SSSR count). The van der Waals surface area contributed by atoms with Crippen LogP contribution in [-0.2, 0) is 13.1 Å². The average Bonchev–Trinajstić information content (AvgIpc) is 3.48. The molecule has 0 aliphatic carbocycles. The van der Waals surface area contributed by atoms with Crippen LogP contribution in [0.25, 0.3) is 11.3 Å². The first-order chi connectivity index (χ1) is 15.2. The quantitative estimate of drug-likeness (QED) is 0.372. The van der Waals surface area contributed by atoms with Gasteiger partial charge in [0.1, 0.15) is 11.5 Å². The maximum absolute atomic E-state index is 13.2. The lowest BCUT2D eigenvalue weighted by Gasteiger charge is -2.18. The van der Waals surface area contributed by atoms with E-state index in [1.807, 2.05) is 55.8 Å². The van der Waals surface area contributed by atoms with Gasteiger partial charge in [0.2, 0.25) is 0 Å². The van der Waals surface area contributed by atoms with Gasteiger partial charge in [-0.25, -0.2) is 0 Å². The summed E-state index contributed by atoms with van der Waals surface area (Å²) in [4.78, 5) is 27.3. The van der Waals surface area contributed by atoms with Gasteiger partial charge in [0, 0.05) is 22.6 Å². The molecule has 0 aliphatic rings. The third kappa shape index (κ3) is 4.87. The van der Waals surface area contributed by atoms with E-state index in [-0.39, 0.29) is 11.5 Å². The van der Waals surface area contributed by atoms with E-state index < -0.39 is 5.41 Å². The second-order valence-corrected chi connectivity index (χ2v) is 11.0. The van der Waals surface area contributed by atoms with Crippen LogP contribution in [0, 0.1) is 5.41 Å². The van der Waals surface area contributed by atoms with Gasteiger partial charge in [0.15, 0.2) is 0 Å². The van der Waals surface area contributed by atoms with Gasteiger partial charge in [-0.2, -0.15) is 21.1 Å². The Kier molecular flexibility index (Phi) is 6.37. The van der Waals surface area contributed by atoms with Gasteiger partial charge in [-0.15, -0.1) is 11.3 Å². The second kappa shape index (κ2) is 9.05. The number of nitrogens with zero attached hydrogens (tertiary/aromatic N) is 3. The first-order valence-corrected chi connectivity index (χ1v) is 12.2. The first kappa shape index (κ1) is 22.5. The van der Waals surface area contributed by atoms with Gasteiger partial charge in [-0.05, 0) is 46.7 Å². The molecule has 166 valence electrons. The molecular formula is C23H23ClN4O2S2. The molecule has 0 saturated heterocycles. The van der Waals surface area contributed by atoms with E-state index in [9.17, 15) is 9.59 Å². The Balaban J connectivity index is 1.70. The Morgan fingerprint density at radius 2 is 2.03 bits per heavy atom. The Morgan fingerprint density at radius 1 is 1.22 bits per heavy atom. The predicted molar refractivity (Wildman–Crippen MR) is 132 cm³/mol.